The van der Waals surface area contributed by atoms with E-state index in [1.807, 2.05) is 48.5 Å². The molecule has 0 radical (unpaired) electrons. The zero-order valence-corrected chi connectivity index (χ0v) is 11.0. The second-order valence-corrected chi connectivity index (χ2v) is 4.91. The quantitative estimate of drug-likeness (QED) is 0.563. The van der Waals surface area contributed by atoms with Crippen molar-refractivity contribution in [3.8, 4) is 16.9 Å². The van der Waals surface area contributed by atoms with Crippen molar-refractivity contribution in [3.05, 3.63) is 70.8 Å². The number of nitrogens with two attached hydrogens (primary N) is 1. The van der Waals surface area contributed by atoms with Crippen molar-refractivity contribution in [2.45, 2.75) is 0 Å². The smallest absolute Gasteiger partial charge is 0.212 e. The zero-order valence-electron chi connectivity index (χ0n) is 10.2. The summed E-state index contributed by atoms with van der Waals surface area (Å²) in [6.45, 7) is 0. The van der Waals surface area contributed by atoms with E-state index < -0.39 is 0 Å². The molecule has 1 aromatic heterocycles. The fourth-order valence-corrected chi connectivity index (χ4v) is 2.87. The van der Waals surface area contributed by atoms with Gasteiger partial charge in [0.2, 0.25) is 4.80 Å². The Labute approximate surface area is 115 Å². The summed E-state index contributed by atoms with van der Waals surface area (Å²) in [6.07, 6.45) is 0. The molecular formula is C15H13N3S. The molecule has 94 valence electrons. The number of para-hydroxylation sites is 1. The fraction of sp³-hybridized carbons (Fsp3) is 0. The van der Waals surface area contributed by atoms with E-state index in [1.165, 1.54) is 11.3 Å². The van der Waals surface area contributed by atoms with Crippen LogP contribution in [0.2, 0.25) is 0 Å². The molecule has 0 aliphatic rings. The Morgan fingerprint density at radius 2 is 1.53 bits per heavy atom. The summed E-state index contributed by atoms with van der Waals surface area (Å²) in [4.78, 5) is 0.782. The summed E-state index contributed by atoms with van der Waals surface area (Å²) >= 11 is 1.54. The van der Waals surface area contributed by atoms with Crippen molar-refractivity contribution in [2.24, 2.45) is 10.9 Å². The summed E-state index contributed by atoms with van der Waals surface area (Å²) in [5.74, 6) is 5.49. The van der Waals surface area contributed by atoms with Gasteiger partial charge < -0.3 is 5.84 Å². The van der Waals surface area contributed by atoms with Crippen molar-refractivity contribution in [2.75, 3.05) is 0 Å². The third-order valence-corrected chi connectivity index (χ3v) is 3.74. The zero-order chi connectivity index (χ0) is 13.1. The average molecular weight is 267 g/mol. The lowest BCUT2D eigenvalue weighted by molar-refractivity contribution is 0.971. The van der Waals surface area contributed by atoms with E-state index >= 15 is 0 Å². The Kier molecular flexibility index (Phi) is 3.16. The molecule has 0 aliphatic heterocycles. The lowest BCUT2D eigenvalue weighted by Gasteiger charge is -2.08. The Hall–Kier alpha value is -2.33. The molecule has 3 rings (SSSR count). The monoisotopic (exact) mass is 267 g/mol. The molecule has 0 fully saturated rings. The first-order valence-corrected chi connectivity index (χ1v) is 6.83. The summed E-state index contributed by atoms with van der Waals surface area (Å²) in [6, 6.07) is 20.4. The van der Waals surface area contributed by atoms with Crippen LogP contribution in [0.15, 0.2) is 71.1 Å². The number of hydrogen-bond donors (Lipinski definition) is 1. The highest BCUT2D eigenvalue weighted by atomic mass is 32.1. The molecule has 19 heavy (non-hydrogen) atoms. The van der Waals surface area contributed by atoms with Crippen LogP contribution in [0.3, 0.4) is 0 Å². The summed E-state index contributed by atoms with van der Waals surface area (Å²) < 4.78 is 2.07. The summed E-state index contributed by atoms with van der Waals surface area (Å²) in [7, 11) is 0. The van der Waals surface area contributed by atoms with Crippen LogP contribution >= 0.6 is 11.3 Å². The fourth-order valence-electron chi connectivity index (χ4n) is 2.04. The van der Waals surface area contributed by atoms with Gasteiger partial charge in [0.1, 0.15) is 0 Å². The molecule has 0 saturated heterocycles. The van der Waals surface area contributed by atoms with Crippen molar-refractivity contribution >= 4 is 11.3 Å². The maximum Gasteiger partial charge on any atom is 0.212 e. The summed E-state index contributed by atoms with van der Waals surface area (Å²) in [5.41, 5.74) is 3.31. The largest absolute Gasteiger partial charge is 0.320 e. The van der Waals surface area contributed by atoms with E-state index in [-0.39, 0.29) is 0 Å². The van der Waals surface area contributed by atoms with Gasteiger partial charge in [0.05, 0.1) is 5.69 Å². The highest BCUT2D eigenvalue weighted by Gasteiger charge is 2.08. The second kappa shape index (κ2) is 5.12. The van der Waals surface area contributed by atoms with Gasteiger partial charge in [-0.3, -0.25) is 4.57 Å². The molecule has 4 heteroatoms. The third-order valence-electron chi connectivity index (χ3n) is 2.90. The van der Waals surface area contributed by atoms with Crippen molar-refractivity contribution in [3.63, 3.8) is 0 Å². The van der Waals surface area contributed by atoms with Gasteiger partial charge >= 0.3 is 0 Å². The van der Waals surface area contributed by atoms with Crippen molar-refractivity contribution < 1.29 is 0 Å². The Morgan fingerprint density at radius 3 is 2.16 bits per heavy atom. The van der Waals surface area contributed by atoms with Gasteiger partial charge in [0, 0.05) is 11.1 Å². The van der Waals surface area contributed by atoms with Crippen LogP contribution in [0, 0.1) is 0 Å². The van der Waals surface area contributed by atoms with Crippen LogP contribution in [0.4, 0.5) is 0 Å². The van der Waals surface area contributed by atoms with E-state index in [4.69, 9.17) is 5.84 Å². The molecule has 3 nitrogen and oxygen atoms in total. The lowest BCUT2D eigenvalue weighted by Crippen LogP contribution is -2.15. The number of hydrogen-bond acceptors (Lipinski definition) is 3. The van der Waals surface area contributed by atoms with Crippen LogP contribution in [-0.2, 0) is 0 Å². The molecule has 1 heterocycles. The molecular weight excluding hydrogens is 254 g/mol. The number of aromatic nitrogens is 1. The highest BCUT2D eigenvalue weighted by Crippen LogP contribution is 2.22. The van der Waals surface area contributed by atoms with Crippen LogP contribution in [0.5, 0.6) is 0 Å². The van der Waals surface area contributed by atoms with Crippen LogP contribution in [0.1, 0.15) is 0 Å². The van der Waals surface area contributed by atoms with Crippen LogP contribution < -0.4 is 10.6 Å². The van der Waals surface area contributed by atoms with E-state index in [0.29, 0.717) is 0 Å². The molecule has 2 aromatic carbocycles. The van der Waals surface area contributed by atoms with Gasteiger partial charge in [0.15, 0.2) is 0 Å². The normalized spacial score (nSPS) is 11.7. The number of rotatable bonds is 2. The molecule has 0 unspecified atom stereocenters. The van der Waals surface area contributed by atoms with Crippen LogP contribution in [0.25, 0.3) is 16.9 Å². The number of nitrogens with zero attached hydrogens (tertiary/aromatic N) is 2. The van der Waals surface area contributed by atoms with Crippen LogP contribution in [-0.4, -0.2) is 4.57 Å². The topological polar surface area (TPSA) is 43.3 Å². The number of thiazole rings is 1. The average Bonchev–Trinajstić information content (AvgIpc) is 2.93. The highest BCUT2D eigenvalue weighted by molar-refractivity contribution is 7.07. The van der Waals surface area contributed by atoms with E-state index in [1.54, 1.807) is 0 Å². The molecule has 2 N–H and O–H groups in total. The standard InChI is InChI=1S/C15H13N3S/c16-17-15-18(13-9-5-2-6-10-13)14(11-19-15)12-7-3-1-4-8-12/h1-11H,16H2. The van der Waals surface area contributed by atoms with E-state index in [0.717, 1.165) is 21.7 Å². The Bertz CT molecular complexity index is 727. The minimum atomic E-state index is 0.782. The second-order valence-electron chi connectivity index (χ2n) is 4.07. The first kappa shape index (κ1) is 11.7. The summed E-state index contributed by atoms with van der Waals surface area (Å²) in [5, 5.41) is 5.95. The molecule has 0 bridgehead atoms. The first-order chi connectivity index (χ1) is 9.40. The Balaban J connectivity index is 2.26. The van der Waals surface area contributed by atoms with Gasteiger partial charge in [-0.25, -0.2) is 0 Å². The van der Waals surface area contributed by atoms with Gasteiger partial charge in [0.25, 0.3) is 0 Å². The first-order valence-electron chi connectivity index (χ1n) is 5.95. The van der Waals surface area contributed by atoms with Gasteiger partial charge in [-0.1, -0.05) is 48.5 Å². The molecule has 0 amide bonds. The lowest BCUT2D eigenvalue weighted by atomic mass is 10.1. The van der Waals surface area contributed by atoms with Gasteiger partial charge in [-0.15, -0.1) is 11.3 Å². The van der Waals surface area contributed by atoms with E-state index in [9.17, 15) is 0 Å². The molecule has 0 aliphatic carbocycles. The van der Waals surface area contributed by atoms with Crippen molar-refractivity contribution in [1.82, 2.24) is 4.57 Å². The molecule has 0 saturated carbocycles. The Morgan fingerprint density at radius 1 is 0.895 bits per heavy atom. The minimum Gasteiger partial charge on any atom is -0.320 e. The SMILES string of the molecule is NN=c1scc(-c2ccccc2)n1-c1ccccc1. The maximum atomic E-state index is 5.49. The number of benzene rings is 2. The van der Waals surface area contributed by atoms with E-state index in [2.05, 4.69) is 27.2 Å². The molecule has 0 spiro atoms. The molecule has 0 atom stereocenters. The van der Waals surface area contributed by atoms with Gasteiger partial charge in [-0.2, -0.15) is 5.10 Å². The predicted octanol–water partition coefficient (Wildman–Crippen LogP) is 2.98. The minimum absolute atomic E-state index is 0.782. The molecule has 3 aromatic rings. The van der Waals surface area contributed by atoms with Crippen molar-refractivity contribution in [1.29, 1.82) is 0 Å². The third kappa shape index (κ3) is 2.18. The van der Waals surface area contributed by atoms with Gasteiger partial charge in [-0.05, 0) is 17.7 Å². The predicted molar refractivity (Wildman–Crippen MR) is 78.8 cm³/mol. The maximum absolute atomic E-state index is 5.49.